The quantitative estimate of drug-likeness (QED) is 0.0704. The number of oxime groups is 1. The first-order valence-electron chi connectivity index (χ1n) is 19.5. The lowest BCUT2D eigenvalue weighted by Crippen LogP contribution is -2.69. The van der Waals surface area contributed by atoms with Gasteiger partial charge in [0.2, 0.25) is 5.79 Å². The van der Waals surface area contributed by atoms with Gasteiger partial charge in [-0.25, -0.2) is 9.59 Å². The van der Waals surface area contributed by atoms with Crippen LogP contribution >= 0.6 is 0 Å². The summed E-state index contributed by atoms with van der Waals surface area (Å²) in [7, 11) is 6.20. The standard InChI is InChI=1S/C43H57N3O11/c1-7-9-23-54-42(50)46(3)38-27-35(45-53-6)32-24-28(14-10-12-20-47)31(15-11-13-21-48)39-33-25-30(17-19-36(33)57-43(38,40(32)39)55-22-8-2)56-41(49)44-34-18-16-29(51-4)26-37(34)52-5/h7-8,16-19,24-26,28,31,38-40,47-48H,1-2,9-15,20-23,27H2,3-6H3,(H,44,49)/t28-,31+,38-,39+,40+,43+/m0/s1. The topological polar surface area (TPSA) is 167 Å². The molecule has 0 spiro atoms. The molecule has 14 nitrogen and oxygen atoms in total. The van der Waals surface area contributed by atoms with Crippen molar-refractivity contribution in [1.29, 1.82) is 0 Å². The molecule has 0 bridgehead atoms. The van der Waals surface area contributed by atoms with E-state index in [-0.39, 0.29) is 56.4 Å². The minimum absolute atomic E-state index is 0.0154. The van der Waals surface area contributed by atoms with Gasteiger partial charge in [0.15, 0.2) is 0 Å². The Balaban J connectivity index is 1.66. The third-order valence-electron chi connectivity index (χ3n) is 11.0. The molecule has 3 aliphatic rings. The summed E-state index contributed by atoms with van der Waals surface area (Å²) < 4.78 is 36.2. The maximum Gasteiger partial charge on any atom is 0.417 e. The third-order valence-corrected chi connectivity index (χ3v) is 11.0. The fraction of sp³-hybridized carbons (Fsp3) is 0.512. The number of fused-ring (bicyclic) bond motifs is 2. The second kappa shape index (κ2) is 20.4. The molecule has 0 aromatic heterocycles. The Bertz CT molecular complexity index is 1780. The van der Waals surface area contributed by atoms with Gasteiger partial charge in [-0.3, -0.25) is 5.32 Å². The van der Waals surface area contributed by atoms with Gasteiger partial charge in [0, 0.05) is 44.2 Å². The molecule has 1 heterocycles. The predicted molar refractivity (Wildman–Crippen MR) is 215 cm³/mol. The van der Waals surface area contributed by atoms with E-state index < -0.39 is 29.9 Å². The van der Waals surface area contributed by atoms with E-state index in [1.54, 1.807) is 56.6 Å². The van der Waals surface area contributed by atoms with Gasteiger partial charge in [0.1, 0.15) is 36.1 Å². The Morgan fingerprint density at radius 2 is 1.75 bits per heavy atom. The van der Waals surface area contributed by atoms with Crippen molar-refractivity contribution in [2.75, 3.05) is 60.1 Å². The highest BCUT2D eigenvalue weighted by Crippen LogP contribution is 2.61. The van der Waals surface area contributed by atoms with Crippen molar-refractivity contribution in [3.05, 3.63) is 78.9 Å². The second-order valence-electron chi connectivity index (χ2n) is 14.3. The maximum atomic E-state index is 13.7. The predicted octanol–water partition coefficient (Wildman–Crippen LogP) is 7.22. The number of amides is 2. The van der Waals surface area contributed by atoms with E-state index >= 15 is 0 Å². The Labute approximate surface area is 335 Å². The number of carbonyl (C=O) groups is 2. The summed E-state index contributed by atoms with van der Waals surface area (Å²) in [4.78, 5) is 34.0. The van der Waals surface area contributed by atoms with Crippen LogP contribution in [0.1, 0.15) is 62.8 Å². The van der Waals surface area contributed by atoms with Crippen molar-refractivity contribution in [1.82, 2.24) is 4.90 Å². The Hall–Kier alpha value is -5.05. The number of carbonyl (C=O) groups excluding carboxylic acids is 2. The van der Waals surface area contributed by atoms with Gasteiger partial charge >= 0.3 is 12.2 Å². The van der Waals surface area contributed by atoms with E-state index in [1.165, 1.54) is 19.1 Å². The Kier molecular flexibility index (Phi) is 15.4. The number of aliphatic hydroxyl groups excluding tert-OH is 2. The second-order valence-corrected chi connectivity index (χ2v) is 14.3. The van der Waals surface area contributed by atoms with Crippen molar-refractivity contribution in [3.8, 4) is 23.0 Å². The molecule has 2 aromatic rings. The van der Waals surface area contributed by atoms with Crippen LogP contribution in [0.3, 0.4) is 0 Å². The number of anilines is 1. The number of likely N-dealkylation sites (N-methyl/N-ethyl adjacent to an activating group) is 1. The summed E-state index contributed by atoms with van der Waals surface area (Å²) in [6.07, 6.45) is 9.35. The number of methoxy groups -OCH3 is 2. The molecule has 6 atom stereocenters. The van der Waals surface area contributed by atoms with Crippen molar-refractivity contribution in [2.45, 2.75) is 69.1 Å². The highest BCUT2D eigenvalue weighted by molar-refractivity contribution is 6.03. The van der Waals surface area contributed by atoms with Crippen LogP contribution in [0.4, 0.5) is 15.3 Å². The van der Waals surface area contributed by atoms with Crippen molar-refractivity contribution in [2.24, 2.45) is 22.9 Å². The number of hydrogen-bond donors (Lipinski definition) is 3. The lowest BCUT2D eigenvalue weighted by atomic mass is 9.55. The largest absolute Gasteiger partial charge is 0.497 e. The van der Waals surface area contributed by atoms with E-state index in [0.717, 1.165) is 36.8 Å². The van der Waals surface area contributed by atoms with Crippen LogP contribution in [0.25, 0.3) is 0 Å². The van der Waals surface area contributed by atoms with E-state index in [1.807, 2.05) is 6.07 Å². The molecule has 0 unspecified atom stereocenters. The van der Waals surface area contributed by atoms with Gasteiger partial charge in [0.25, 0.3) is 0 Å². The molecule has 310 valence electrons. The van der Waals surface area contributed by atoms with Crippen molar-refractivity contribution in [3.63, 3.8) is 0 Å². The molecule has 0 radical (unpaired) electrons. The Morgan fingerprint density at radius 3 is 2.44 bits per heavy atom. The van der Waals surface area contributed by atoms with E-state index in [2.05, 4.69) is 29.7 Å². The molecule has 0 saturated heterocycles. The number of unbranched alkanes of at least 4 members (excludes halogenated alkanes) is 2. The number of hydrogen-bond acceptors (Lipinski definition) is 12. The molecular weight excluding hydrogens is 734 g/mol. The van der Waals surface area contributed by atoms with E-state index in [0.29, 0.717) is 47.9 Å². The summed E-state index contributed by atoms with van der Waals surface area (Å²) in [6, 6.07) is 9.55. The Morgan fingerprint density at radius 1 is 1.00 bits per heavy atom. The number of ether oxygens (including phenoxy) is 6. The summed E-state index contributed by atoms with van der Waals surface area (Å²) in [6.45, 7) is 8.08. The van der Waals surface area contributed by atoms with Gasteiger partial charge in [-0.05, 0) is 79.8 Å². The van der Waals surface area contributed by atoms with Crippen LogP contribution in [0.5, 0.6) is 23.0 Å². The number of aliphatic hydroxyl groups is 2. The third kappa shape index (κ3) is 9.57. The van der Waals surface area contributed by atoms with Crippen LogP contribution in [0, 0.1) is 17.8 Å². The number of nitrogens with zero attached hydrogens (tertiary/aromatic N) is 2. The SMILES string of the molecule is C=CCCOC(=O)N(C)[C@H]1CC(=NOC)C2=C[C@H](CCCCO)[C@@H](CCCCO)[C@@H]3c4cc(OC(=O)Nc5ccc(OC)cc5OC)ccc4O[C@@]1(OCC=C)[C@H]23. The first kappa shape index (κ1) is 43.1. The number of rotatable bonds is 20. The van der Waals surface area contributed by atoms with Gasteiger partial charge in [-0.2, -0.15) is 0 Å². The summed E-state index contributed by atoms with van der Waals surface area (Å²) in [5, 5.41) is 26.9. The van der Waals surface area contributed by atoms with Crippen LogP contribution in [-0.2, 0) is 14.3 Å². The first-order valence-corrected chi connectivity index (χ1v) is 19.5. The highest BCUT2D eigenvalue weighted by atomic mass is 16.7. The van der Waals surface area contributed by atoms with E-state index in [9.17, 15) is 19.8 Å². The first-order chi connectivity index (χ1) is 27.7. The molecule has 1 fully saturated rings. The number of benzene rings is 2. The molecule has 2 aliphatic carbocycles. The molecule has 3 N–H and O–H groups in total. The molecule has 2 aromatic carbocycles. The van der Waals surface area contributed by atoms with Gasteiger partial charge in [-0.1, -0.05) is 36.2 Å². The maximum absolute atomic E-state index is 13.7. The molecular formula is C43H57N3O11. The minimum atomic E-state index is -1.44. The molecule has 1 saturated carbocycles. The summed E-state index contributed by atoms with van der Waals surface area (Å²) >= 11 is 0. The smallest absolute Gasteiger partial charge is 0.417 e. The minimum Gasteiger partial charge on any atom is -0.497 e. The normalized spacial score (nSPS) is 23.8. The fourth-order valence-electron chi connectivity index (χ4n) is 8.50. The van der Waals surface area contributed by atoms with Crippen LogP contribution in [0.15, 0.2) is 78.5 Å². The van der Waals surface area contributed by atoms with Gasteiger partial charge in [-0.15, -0.1) is 13.2 Å². The highest BCUT2D eigenvalue weighted by Gasteiger charge is 2.65. The average molecular weight is 792 g/mol. The molecule has 1 aliphatic heterocycles. The van der Waals surface area contributed by atoms with Gasteiger partial charge in [0.05, 0.1) is 44.8 Å². The van der Waals surface area contributed by atoms with Crippen LogP contribution in [-0.4, -0.2) is 99.6 Å². The molecule has 14 heteroatoms. The zero-order valence-electron chi connectivity index (χ0n) is 33.4. The zero-order valence-corrected chi connectivity index (χ0v) is 33.4. The van der Waals surface area contributed by atoms with Crippen molar-refractivity contribution >= 4 is 23.6 Å². The van der Waals surface area contributed by atoms with Crippen LogP contribution in [0.2, 0.25) is 0 Å². The van der Waals surface area contributed by atoms with Crippen LogP contribution < -0.4 is 24.3 Å². The van der Waals surface area contributed by atoms with Crippen molar-refractivity contribution < 1.29 is 53.1 Å². The number of nitrogens with one attached hydrogen (secondary N) is 1. The molecule has 5 rings (SSSR count). The monoisotopic (exact) mass is 791 g/mol. The van der Waals surface area contributed by atoms with Gasteiger partial charge < -0.3 is 48.4 Å². The zero-order chi connectivity index (χ0) is 41.0. The van der Waals surface area contributed by atoms with E-state index in [4.69, 9.17) is 33.3 Å². The average Bonchev–Trinajstić information content (AvgIpc) is 3.21. The lowest BCUT2D eigenvalue weighted by Gasteiger charge is -2.59. The number of allylic oxidation sites excluding steroid dienone is 1. The lowest BCUT2D eigenvalue weighted by molar-refractivity contribution is -0.253. The fourth-order valence-corrected chi connectivity index (χ4v) is 8.50. The molecule has 2 amide bonds. The summed E-state index contributed by atoms with van der Waals surface area (Å²) in [5.41, 5.74) is 2.72. The molecule has 57 heavy (non-hydrogen) atoms. The summed E-state index contributed by atoms with van der Waals surface area (Å²) in [5.74, 6) is -0.493.